The molecule has 0 aliphatic rings. The van der Waals surface area contributed by atoms with Crippen LogP contribution in [0.1, 0.15) is 52.3 Å². The van der Waals surface area contributed by atoms with Crippen LogP contribution >= 0.6 is 11.5 Å². The second kappa shape index (κ2) is 6.31. The number of aromatic nitrogens is 2. The van der Waals surface area contributed by atoms with Gasteiger partial charge in [0.05, 0.1) is 6.61 Å². The van der Waals surface area contributed by atoms with Crippen LogP contribution in [-0.4, -0.2) is 27.6 Å². The summed E-state index contributed by atoms with van der Waals surface area (Å²) in [7, 11) is 0. The summed E-state index contributed by atoms with van der Waals surface area (Å²) in [6.07, 6.45) is 1.92. The third-order valence-corrected chi connectivity index (χ3v) is 4.10. The Morgan fingerprint density at radius 3 is 2.41 bits per heavy atom. The van der Waals surface area contributed by atoms with Gasteiger partial charge in [-0.25, -0.2) is 4.98 Å². The maximum Gasteiger partial charge on any atom is 0.202 e. The Kier molecular flexibility index (Phi) is 5.33. The van der Waals surface area contributed by atoms with Crippen molar-refractivity contribution in [3.63, 3.8) is 0 Å². The van der Waals surface area contributed by atoms with E-state index >= 15 is 0 Å². The molecule has 1 aromatic rings. The van der Waals surface area contributed by atoms with E-state index in [0.717, 1.165) is 30.3 Å². The van der Waals surface area contributed by atoms with Crippen LogP contribution in [0.25, 0.3) is 0 Å². The Balaban J connectivity index is 2.59. The highest BCUT2D eigenvalue weighted by molar-refractivity contribution is 7.09. The minimum atomic E-state index is -0.0380. The molecule has 0 unspecified atom stereocenters. The third kappa shape index (κ3) is 3.64. The molecule has 17 heavy (non-hydrogen) atoms. The summed E-state index contributed by atoms with van der Waals surface area (Å²) in [5.41, 5.74) is -0.0380. The van der Waals surface area contributed by atoms with Gasteiger partial charge in [0.15, 0.2) is 0 Å². The molecule has 2 N–H and O–H groups in total. The number of hydrogen-bond acceptors (Lipinski definition) is 5. The summed E-state index contributed by atoms with van der Waals surface area (Å²) in [6.45, 7) is 9.36. The maximum atomic E-state index is 9.48. The molecule has 0 aromatic carbocycles. The fourth-order valence-corrected chi connectivity index (χ4v) is 2.29. The van der Waals surface area contributed by atoms with Gasteiger partial charge in [0.1, 0.15) is 5.82 Å². The summed E-state index contributed by atoms with van der Waals surface area (Å²) in [6, 6.07) is 0. The number of aliphatic hydroxyl groups is 1. The van der Waals surface area contributed by atoms with Crippen molar-refractivity contribution in [2.24, 2.45) is 5.41 Å². The molecule has 0 atom stereocenters. The van der Waals surface area contributed by atoms with Gasteiger partial charge in [-0.2, -0.15) is 4.37 Å². The highest BCUT2D eigenvalue weighted by Crippen LogP contribution is 2.27. The SMILES string of the molecule is CCC(CC)(CO)CNc1nc(C(C)C)ns1. The quantitative estimate of drug-likeness (QED) is 0.788. The molecular weight excluding hydrogens is 234 g/mol. The molecule has 0 radical (unpaired) electrons. The summed E-state index contributed by atoms with van der Waals surface area (Å²) in [4.78, 5) is 4.43. The number of aliphatic hydroxyl groups excluding tert-OH is 1. The van der Waals surface area contributed by atoms with E-state index in [1.165, 1.54) is 11.5 Å². The highest BCUT2D eigenvalue weighted by atomic mass is 32.1. The predicted octanol–water partition coefficient (Wildman–Crippen LogP) is 2.87. The monoisotopic (exact) mass is 257 g/mol. The van der Waals surface area contributed by atoms with Crippen LogP contribution < -0.4 is 5.32 Å². The van der Waals surface area contributed by atoms with Crippen molar-refractivity contribution in [2.75, 3.05) is 18.5 Å². The van der Waals surface area contributed by atoms with Gasteiger partial charge in [0.25, 0.3) is 0 Å². The van der Waals surface area contributed by atoms with Gasteiger partial charge in [0.2, 0.25) is 5.13 Å². The summed E-state index contributed by atoms with van der Waals surface area (Å²) in [5.74, 6) is 1.25. The maximum absolute atomic E-state index is 9.48. The number of hydrogen-bond donors (Lipinski definition) is 2. The van der Waals surface area contributed by atoms with Crippen molar-refractivity contribution in [3.05, 3.63) is 5.82 Å². The number of rotatable bonds is 7. The van der Waals surface area contributed by atoms with Gasteiger partial charge in [0, 0.05) is 29.4 Å². The lowest BCUT2D eigenvalue weighted by molar-refractivity contribution is 0.127. The molecule has 0 fully saturated rings. The average Bonchev–Trinajstić information content (AvgIpc) is 2.81. The molecular formula is C12H23N3OS. The lowest BCUT2D eigenvalue weighted by Crippen LogP contribution is -2.32. The zero-order chi connectivity index (χ0) is 12.9. The third-order valence-electron chi connectivity index (χ3n) is 3.41. The molecule has 0 bridgehead atoms. The van der Waals surface area contributed by atoms with E-state index in [1.807, 2.05) is 0 Å². The molecule has 98 valence electrons. The summed E-state index contributed by atoms with van der Waals surface area (Å²) < 4.78 is 4.30. The first kappa shape index (κ1) is 14.4. The largest absolute Gasteiger partial charge is 0.396 e. The molecule has 0 aliphatic carbocycles. The van der Waals surface area contributed by atoms with E-state index in [-0.39, 0.29) is 12.0 Å². The smallest absolute Gasteiger partial charge is 0.202 e. The van der Waals surface area contributed by atoms with Crippen molar-refractivity contribution in [2.45, 2.75) is 46.5 Å². The van der Waals surface area contributed by atoms with Gasteiger partial charge in [-0.05, 0) is 12.8 Å². The Bertz CT molecular complexity index is 326. The second-order valence-corrected chi connectivity index (χ2v) is 5.58. The first-order valence-corrected chi connectivity index (χ1v) is 7.02. The number of nitrogens with zero attached hydrogens (tertiary/aromatic N) is 2. The van der Waals surface area contributed by atoms with Crippen molar-refractivity contribution >= 4 is 16.7 Å². The van der Waals surface area contributed by atoms with Gasteiger partial charge in [-0.1, -0.05) is 27.7 Å². The van der Waals surface area contributed by atoms with Crippen LogP contribution in [-0.2, 0) is 0 Å². The van der Waals surface area contributed by atoms with Crippen LogP contribution in [0.4, 0.5) is 5.13 Å². The molecule has 1 heterocycles. The van der Waals surface area contributed by atoms with E-state index < -0.39 is 0 Å². The van der Waals surface area contributed by atoms with Gasteiger partial charge >= 0.3 is 0 Å². The van der Waals surface area contributed by atoms with Gasteiger partial charge in [-0.3, -0.25) is 0 Å². The molecule has 4 nitrogen and oxygen atoms in total. The molecule has 0 spiro atoms. The fourth-order valence-electron chi connectivity index (χ4n) is 1.58. The lowest BCUT2D eigenvalue weighted by Gasteiger charge is -2.29. The second-order valence-electron chi connectivity index (χ2n) is 4.83. The van der Waals surface area contributed by atoms with Crippen LogP contribution in [0.2, 0.25) is 0 Å². The van der Waals surface area contributed by atoms with Crippen LogP contribution in [0.15, 0.2) is 0 Å². The van der Waals surface area contributed by atoms with Crippen LogP contribution in [0.3, 0.4) is 0 Å². The minimum absolute atomic E-state index is 0.0380. The average molecular weight is 257 g/mol. The zero-order valence-corrected chi connectivity index (χ0v) is 12.0. The first-order valence-electron chi connectivity index (χ1n) is 6.25. The highest BCUT2D eigenvalue weighted by Gasteiger charge is 2.25. The predicted molar refractivity (Wildman–Crippen MR) is 72.6 cm³/mol. The van der Waals surface area contributed by atoms with E-state index in [9.17, 15) is 5.11 Å². The van der Waals surface area contributed by atoms with Crippen LogP contribution in [0.5, 0.6) is 0 Å². The van der Waals surface area contributed by atoms with Gasteiger partial charge in [-0.15, -0.1) is 0 Å². The fraction of sp³-hybridized carbons (Fsp3) is 0.833. The van der Waals surface area contributed by atoms with E-state index in [4.69, 9.17) is 0 Å². The van der Waals surface area contributed by atoms with Crippen LogP contribution in [0, 0.1) is 5.41 Å². The van der Waals surface area contributed by atoms with Crippen molar-refractivity contribution in [3.8, 4) is 0 Å². The normalized spacial score (nSPS) is 12.1. The topological polar surface area (TPSA) is 58.0 Å². The zero-order valence-electron chi connectivity index (χ0n) is 11.2. The Morgan fingerprint density at radius 1 is 1.35 bits per heavy atom. The lowest BCUT2D eigenvalue weighted by atomic mass is 9.83. The van der Waals surface area contributed by atoms with Crippen molar-refractivity contribution < 1.29 is 5.11 Å². The molecule has 0 saturated heterocycles. The molecule has 0 amide bonds. The first-order chi connectivity index (χ1) is 8.06. The van der Waals surface area contributed by atoms with E-state index in [2.05, 4.69) is 42.4 Å². The van der Waals surface area contributed by atoms with Crippen molar-refractivity contribution in [1.82, 2.24) is 9.36 Å². The summed E-state index contributed by atoms with van der Waals surface area (Å²) in [5, 5.41) is 13.6. The summed E-state index contributed by atoms with van der Waals surface area (Å²) >= 11 is 1.40. The molecule has 1 rings (SSSR count). The molecule has 0 aliphatic heterocycles. The number of anilines is 1. The molecule has 0 saturated carbocycles. The minimum Gasteiger partial charge on any atom is -0.396 e. The van der Waals surface area contributed by atoms with Gasteiger partial charge < -0.3 is 10.4 Å². The standard InChI is InChI=1S/C12H23N3OS/c1-5-12(6-2,8-16)7-13-11-14-10(9(3)4)15-17-11/h9,16H,5-8H2,1-4H3,(H,13,14,15). The Labute approximate surface area is 108 Å². The molecule has 5 heteroatoms. The Morgan fingerprint density at radius 2 is 2.00 bits per heavy atom. The van der Waals surface area contributed by atoms with E-state index in [1.54, 1.807) is 0 Å². The Hall–Kier alpha value is -0.680. The van der Waals surface area contributed by atoms with E-state index in [0.29, 0.717) is 5.92 Å². The van der Waals surface area contributed by atoms with Crippen molar-refractivity contribution in [1.29, 1.82) is 0 Å². The molecule has 1 aromatic heterocycles. The number of nitrogens with one attached hydrogen (secondary N) is 1.